The van der Waals surface area contributed by atoms with Crippen LogP contribution in [-0.2, 0) is 15.8 Å². The van der Waals surface area contributed by atoms with Crippen LogP contribution in [-0.4, -0.2) is 27.6 Å². The normalized spacial score (nSPS) is 14.9. The first kappa shape index (κ1) is 24.5. The van der Waals surface area contributed by atoms with Gasteiger partial charge in [-0.15, -0.1) is 0 Å². The fourth-order valence-corrected chi connectivity index (χ4v) is 4.45. The molecule has 35 heavy (non-hydrogen) atoms. The van der Waals surface area contributed by atoms with E-state index in [-0.39, 0.29) is 10.0 Å². The van der Waals surface area contributed by atoms with Crippen LogP contribution in [0, 0.1) is 0 Å². The second-order valence-corrected chi connectivity index (χ2v) is 9.06. The first-order valence-corrected chi connectivity index (χ1v) is 11.5. The molecule has 0 bridgehead atoms. The molecule has 4 rings (SSSR count). The van der Waals surface area contributed by atoms with Gasteiger partial charge in [0.25, 0.3) is 5.91 Å². The lowest BCUT2D eigenvalue weighted by molar-refractivity contribution is -0.137. The molecular weight excluding hydrogens is 497 g/mol. The smallest absolute Gasteiger partial charge is 0.416 e. The number of anilines is 1. The number of halogens is 3. The summed E-state index contributed by atoms with van der Waals surface area (Å²) in [4.78, 5) is 26.7. The van der Waals surface area contributed by atoms with Crippen LogP contribution in [0.4, 0.5) is 18.9 Å². The molecule has 1 fully saturated rings. The van der Waals surface area contributed by atoms with Crippen LogP contribution >= 0.6 is 24.0 Å². The van der Waals surface area contributed by atoms with Gasteiger partial charge in [0.05, 0.1) is 10.5 Å². The molecular formula is C25H17F3N2O3S2. The number of carbonyl (C=O) groups is 2. The highest BCUT2D eigenvalue weighted by Gasteiger charge is 2.34. The molecule has 2 amide bonds. The number of thiocarbonyl (C=S) groups is 1. The highest BCUT2D eigenvalue weighted by atomic mass is 32.2. The van der Waals surface area contributed by atoms with E-state index in [1.165, 1.54) is 12.1 Å². The quantitative estimate of drug-likeness (QED) is 0.307. The molecule has 0 radical (unpaired) electrons. The fraction of sp³-hybridized carbons (Fsp3) is 0.0800. The van der Waals surface area contributed by atoms with Gasteiger partial charge in [0, 0.05) is 5.69 Å². The summed E-state index contributed by atoms with van der Waals surface area (Å²) in [6, 6.07) is 20.6. The predicted molar refractivity (Wildman–Crippen MR) is 133 cm³/mol. The summed E-state index contributed by atoms with van der Waals surface area (Å²) in [5.74, 6) is 0.123. The highest BCUT2D eigenvalue weighted by Crippen LogP contribution is 2.34. The monoisotopic (exact) mass is 514 g/mol. The minimum Gasteiger partial charge on any atom is -0.457 e. The van der Waals surface area contributed by atoms with Crippen molar-refractivity contribution < 1.29 is 27.5 Å². The number of rotatable bonds is 6. The van der Waals surface area contributed by atoms with Crippen molar-refractivity contribution in [1.82, 2.24) is 4.90 Å². The van der Waals surface area contributed by atoms with Gasteiger partial charge < -0.3 is 10.1 Å². The van der Waals surface area contributed by atoms with Crippen LogP contribution in [0.3, 0.4) is 0 Å². The van der Waals surface area contributed by atoms with Gasteiger partial charge in [-0.2, -0.15) is 13.2 Å². The summed E-state index contributed by atoms with van der Waals surface area (Å²) in [5.41, 5.74) is -0.212. The van der Waals surface area contributed by atoms with Gasteiger partial charge in [-0.3, -0.25) is 14.5 Å². The Balaban J connectivity index is 1.43. The molecule has 1 aliphatic heterocycles. The van der Waals surface area contributed by atoms with Crippen LogP contribution in [0.15, 0.2) is 83.8 Å². The summed E-state index contributed by atoms with van der Waals surface area (Å²) in [5, 5.41) is 2.38. The van der Waals surface area contributed by atoms with Gasteiger partial charge in [-0.25, -0.2) is 0 Å². The third-order valence-corrected chi connectivity index (χ3v) is 6.16. The lowest BCUT2D eigenvalue weighted by atomic mass is 10.2. The number of carbonyl (C=O) groups excluding carboxylic acids is 2. The third-order valence-electron chi connectivity index (χ3n) is 4.78. The van der Waals surface area contributed by atoms with Crippen LogP contribution in [0.1, 0.15) is 11.1 Å². The number of nitrogens with zero attached hydrogens (tertiary/aromatic N) is 1. The Morgan fingerprint density at radius 3 is 2.46 bits per heavy atom. The lowest BCUT2D eigenvalue weighted by Crippen LogP contribution is -2.36. The molecule has 10 heteroatoms. The molecule has 3 aromatic rings. The number of thioether (sulfide) groups is 1. The van der Waals surface area contributed by atoms with Gasteiger partial charge in [0.1, 0.15) is 22.4 Å². The van der Waals surface area contributed by atoms with Gasteiger partial charge in [-0.05, 0) is 54.1 Å². The van der Waals surface area contributed by atoms with Crippen molar-refractivity contribution in [1.29, 1.82) is 0 Å². The number of nitrogens with one attached hydrogen (secondary N) is 1. The molecule has 0 aromatic heterocycles. The maximum atomic E-state index is 12.9. The zero-order chi connectivity index (χ0) is 25.0. The van der Waals surface area contributed by atoms with Gasteiger partial charge in [-0.1, -0.05) is 60.4 Å². The Bertz CT molecular complexity index is 1310. The Hall–Kier alpha value is -3.63. The van der Waals surface area contributed by atoms with Gasteiger partial charge >= 0.3 is 6.18 Å². The molecule has 5 nitrogen and oxygen atoms in total. The summed E-state index contributed by atoms with van der Waals surface area (Å²) < 4.78 is 44.7. The summed E-state index contributed by atoms with van der Waals surface area (Å²) >= 11 is 6.29. The topological polar surface area (TPSA) is 58.6 Å². The van der Waals surface area contributed by atoms with E-state index in [1.807, 2.05) is 30.3 Å². The van der Waals surface area contributed by atoms with Crippen LogP contribution in [0.25, 0.3) is 6.08 Å². The maximum Gasteiger partial charge on any atom is 0.416 e. The number of hydrogen-bond donors (Lipinski definition) is 1. The van der Waals surface area contributed by atoms with E-state index >= 15 is 0 Å². The number of hydrogen-bond acceptors (Lipinski definition) is 5. The van der Waals surface area contributed by atoms with Crippen molar-refractivity contribution in [2.45, 2.75) is 6.18 Å². The van der Waals surface area contributed by atoms with Crippen molar-refractivity contribution in [2.24, 2.45) is 0 Å². The average Bonchev–Trinajstić information content (AvgIpc) is 3.07. The van der Waals surface area contributed by atoms with Gasteiger partial charge in [0.2, 0.25) is 5.91 Å². The van der Waals surface area contributed by atoms with E-state index in [1.54, 1.807) is 30.3 Å². The van der Waals surface area contributed by atoms with E-state index in [0.29, 0.717) is 22.0 Å². The zero-order valence-electron chi connectivity index (χ0n) is 17.9. The lowest BCUT2D eigenvalue weighted by Gasteiger charge is -2.15. The van der Waals surface area contributed by atoms with Crippen molar-refractivity contribution in [2.75, 3.05) is 11.9 Å². The number of alkyl halides is 3. The molecule has 178 valence electrons. The van der Waals surface area contributed by atoms with Crippen LogP contribution in [0.2, 0.25) is 0 Å². The molecule has 0 atom stereocenters. The predicted octanol–water partition coefficient (Wildman–Crippen LogP) is 6.34. The fourth-order valence-electron chi connectivity index (χ4n) is 3.20. The molecule has 1 N–H and O–H groups in total. The molecule has 3 aromatic carbocycles. The Labute approximate surface area is 208 Å². The minimum absolute atomic E-state index is 0.0268. The highest BCUT2D eigenvalue weighted by molar-refractivity contribution is 8.26. The number of para-hydroxylation sites is 1. The molecule has 1 aliphatic rings. The first-order valence-electron chi connectivity index (χ1n) is 10.2. The van der Waals surface area contributed by atoms with E-state index < -0.39 is 30.1 Å². The SMILES string of the molecule is O=C(CN1C(=O)/C(=C/c2cccc(Oc3ccccc3)c2)SC1=S)Nc1cccc(C(F)(F)F)c1. The van der Waals surface area contributed by atoms with Crippen molar-refractivity contribution in [3.05, 3.63) is 94.9 Å². The second kappa shape index (κ2) is 10.3. The largest absolute Gasteiger partial charge is 0.457 e. The van der Waals surface area contributed by atoms with E-state index in [2.05, 4.69) is 5.32 Å². The Kier molecular flexibility index (Phi) is 7.23. The van der Waals surface area contributed by atoms with Gasteiger partial charge in [0.15, 0.2) is 0 Å². The van der Waals surface area contributed by atoms with Crippen molar-refractivity contribution in [3.8, 4) is 11.5 Å². The first-order chi connectivity index (χ1) is 16.7. The molecule has 0 saturated carbocycles. The number of ether oxygens (including phenoxy) is 1. The summed E-state index contributed by atoms with van der Waals surface area (Å²) in [7, 11) is 0. The zero-order valence-corrected chi connectivity index (χ0v) is 19.5. The molecule has 1 heterocycles. The molecule has 0 unspecified atom stereocenters. The maximum absolute atomic E-state index is 12.9. The van der Waals surface area contributed by atoms with Crippen LogP contribution < -0.4 is 10.1 Å². The summed E-state index contributed by atoms with van der Waals surface area (Å²) in [6.07, 6.45) is -2.89. The van der Waals surface area contributed by atoms with E-state index in [4.69, 9.17) is 17.0 Å². The standard InChI is InChI=1S/C25H17F3N2O3S2/c26-25(27,28)17-7-5-8-18(14-17)29-22(31)15-30-23(32)21(35-24(30)34)13-16-6-4-11-20(12-16)33-19-9-2-1-3-10-19/h1-14H,15H2,(H,29,31)/b21-13-. The second-order valence-electron chi connectivity index (χ2n) is 7.38. The van der Waals surface area contributed by atoms with E-state index in [9.17, 15) is 22.8 Å². The van der Waals surface area contributed by atoms with Crippen molar-refractivity contribution in [3.63, 3.8) is 0 Å². The Morgan fingerprint density at radius 2 is 1.71 bits per heavy atom. The summed E-state index contributed by atoms with van der Waals surface area (Å²) in [6.45, 7) is -0.421. The molecule has 0 spiro atoms. The Morgan fingerprint density at radius 1 is 1.00 bits per heavy atom. The molecule has 1 saturated heterocycles. The number of amides is 2. The minimum atomic E-state index is -4.53. The van der Waals surface area contributed by atoms with Crippen molar-refractivity contribution >= 4 is 51.9 Å². The van der Waals surface area contributed by atoms with E-state index in [0.717, 1.165) is 28.8 Å². The number of benzene rings is 3. The third kappa shape index (κ3) is 6.28. The van der Waals surface area contributed by atoms with Crippen LogP contribution in [0.5, 0.6) is 11.5 Å². The molecule has 0 aliphatic carbocycles. The average molecular weight is 515 g/mol.